The third-order valence-corrected chi connectivity index (χ3v) is 5.17. The van der Waals surface area contributed by atoms with Crippen molar-refractivity contribution in [1.29, 1.82) is 0 Å². The summed E-state index contributed by atoms with van der Waals surface area (Å²) in [7, 11) is 0. The normalized spacial score (nSPS) is 32.3. The molecular weight excluding hydrogens is 260 g/mol. The van der Waals surface area contributed by atoms with Crippen LogP contribution in [0.25, 0.3) is 0 Å². The first-order valence-corrected chi connectivity index (χ1v) is 7.79. The van der Waals surface area contributed by atoms with Crippen molar-refractivity contribution in [2.24, 2.45) is 29.4 Å². The lowest BCUT2D eigenvalue weighted by atomic mass is 9.85. The van der Waals surface area contributed by atoms with Crippen LogP contribution in [0.5, 0.6) is 0 Å². The van der Waals surface area contributed by atoms with Crippen molar-refractivity contribution in [2.45, 2.75) is 57.4 Å². The van der Waals surface area contributed by atoms with Gasteiger partial charge in [-0.1, -0.05) is 32.1 Å². The average molecular weight is 287 g/mol. The lowest BCUT2D eigenvalue weighted by molar-refractivity contribution is -0.122. The molecule has 0 saturated heterocycles. The fourth-order valence-corrected chi connectivity index (χ4v) is 3.64. The van der Waals surface area contributed by atoms with Gasteiger partial charge in [0.25, 0.3) is 0 Å². The van der Waals surface area contributed by atoms with Crippen molar-refractivity contribution in [2.75, 3.05) is 6.54 Å². The lowest BCUT2D eigenvalue weighted by Crippen LogP contribution is -2.39. The van der Waals surface area contributed by atoms with E-state index in [2.05, 4.69) is 5.32 Å². The van der Waals surface area contributed by atoms with E-state index >= 15 is 0 Å². The summed E-state index contributed by atoms with van der Waals surface area (Å²) in [4.78, 5) is 12.0. The molecule has 0 aromatic rings. The number of nitrogens with one attached hydrogen (secondary N) is 1. The molecule has 110 valence electrons. The number of amides is 1. The summed E-state index contributed by atoms with van der Waals surface area (Å²) in [6, 6.07) is 0.195. The topological polar surface area (TPSA) is 55.1 Å². The summed E-state index contributed by atoms with van der Waals surface area (Å²) in [6.07, 6.45) is 10.5. The molecule has 0 aliphatic heterocycles. The number of carbonyl (C=O) groups excluding carboxylic acids is 1. The van der Waals surface area contributed by atoms with Gasteiger partial charge in [0.1, 0.15) is 0 Å². The molecule has 3 N–H and O–H groups in total. The standard InChI is InChI=1S/C15H26N2O.ClH/c16-14(11-6-7-11)9-17-15(18)13-8-12(13)10-4-2-1-3-5-10;/h10-14H,1-9,16H2,(H,17,18);1H. The van der Waals surface area contributed by atoms with E-state index in [1.54, 1.807) is 0 Å². The first-order chi connectivity index (χ1) is 8.75. The monoisotopic (exact) mass is 286 g/mol. The van der Waals surface area contributed by atoms with Crippen molar-refractivity contribution in [3.63, 3.8) is 0 Å². The van der Waals surface area contributed by atoms with Gasteiger partial charge in [-0.15, -0.1) is 12.4 Å². The van der Waals surface area contributed by atoms with Crippen LogP contribution in [0.2, 0.25) is 0 Å². The molecule has 3 nitrogen and oxygen atoms in total. The fraction of sp³-hybridized carbons (Fsp3) is 0.933. The predicted octanol–water partition coefficient (Wildman–Crippen LogP) is 2.48. The number of halogens is 1. The minimum atomic E-state index is 0. The molecule has 3 unspecified atom stereocenters. The molecule has 3 fully saturated rings. The van der Waals surface area contributed by atoms with Crippen molar-refractivity contribution in [3.05, 3.63) is 0 Å². The molecule has 3 aliphatic carbocycles. The quantitative estimate of drug-likeness (QED) is 0.816. The van der Waals surface area contributed by atoms with Gasteiger partial charge < -0.3 is 11.1 Å². The van der Waals surface area contributed by atoms with Crippen LogP contribution in [-0.4, -0.2) is 18.5 Å². The van der Waals surface area contributed by atoms with Gasteiger partial charge in [-0.2, -0.15) is 0 Å². The molecule has 1 amide bonds. The molecule has 19 heavy (non-hydrogen) atoms. The van der Waals surface area contributed by atoms with E-state index in [4.69, 9.17) is 5.73 Å². The molecule has 3 atom stereocenters. The molecule has 0 bridgehead atoms. The van der Waals surface area contributed by atoms with Gasteiger partial charge in [0.15, 0.2) is 0 Å². The van der Waals surface area contributed by atoms with Gasteiger partial charge in [-0.3, -0.25) is 4.79 Å². The van der Waals surface area contributed by atoms with Crippen LogP contribution >= 0.6 is 12.4 Å². The van der Waals surface area contributed by atoms with E-state index in [1.165, 1.54) is 44.9 Å². The van der Waals surface area contributed by atoms with Crippen LogP contribution in [-0.2, 0) is 4.79 Å². The van der Waals surface area contributed by atoms with E-state index in [9.17, 15) is 4.79 Å². The van der Waals surface area contributed by atoms with E-state index in [-0.39, 0.29) is 24.4 Å². The third kappa shape index (κ3) is 3.85. The summed E-state index contributed by atoms with van der Waals surface area (Å²) in [5.41, 5.74) is 6.01. The van der Waals surface area contributed by atoms with Gasteiger partial charge in [-0.25, -0.2) is 0 Å². The van der Waals surface area contributed by atoms with Crippen LogP contribution in [0.4, 0.5) is 0 Å². The molecular formula is C15H27ClN2O. The summed E-state index contributed by atoms with van der Waals surface area (Å²) in [5, 5.41) is 3.07. The highest BCUT2D eigenvalue weighted by Gasteiger charge is 2.47. The third-order valence-electron chi connectivity index (χ3n) is 5.17. The maximum absolute atomic E-state index is 12.0. The SMILES string of the molecule is Cl.NC(CNC(=O)C1CC1C1CCCCC1)C1CC1. The highest BCUT2D eigenvalue weighted by atomic mass is 35.5. The zero-order valence-corrected chi connectivity index (χ0v) is 12.5. The zero-order valence-electron chi connectivity index (χ0n) is 11.6. The molecule has 0 spiro atoms. The Hall–Kier alpha value is -0.280. The number of hydrogen-bond acceptors (Lipinski definition) is 2. The van der Waals surface area contributed by atoms with Crippen LogP contribution in [0, 0.1) is 23.7 Å². The second-order valence-electron chi connectivity index (χ2n) is 6.65. The van der Waals surface area contributed by atoms with E-state index in [0.717, 1.165) is 12.3 Å². The summed E-state index contributed by atoms with van der Waals surface area (Å²) in [6.45, 7) is 0.692. The zero-order chi connectivity index (χ0) is 12.5. The molecule has 3 rings (SSSR count). The lowest BCUT2D eigenvalue weighted by Gasteiger charge is -2.21. The molecule has 0 heterocycles. The minimum Gasteiger partial charge on any atom is -0.354 e. The molecule has 0 aromatic heterocycles. The Labute approximate surface area is 122 Å². The first-order valence-electron chi connectivity index (χ1n) is 7.79. The van der Waals surface area contributed by atoms with E-state index in [0.29, 0.717) is 24.3 Å². The van der Waals surface area contributed by atoms with Crippen LogP contribution in [0.3, 0.4) is 0 Å². The molecule has 3 aliphatic rings. The Morgan fingerprint density at radius 1 is 1.16 bits per heavy atom. The number of hydrogen-bond donors (Lipinski definition) is 2. The van der Waals surface area contributed by atoms with Crippen molar-refractivity contribution in [3.8, 4) is 0 Å². The highest BCUT2D eigenvalue weighted by molar-refractivity contribution is 5.85. The van der Waals surface area contributed by atoms with Gasteiger partial charge >= 0.3 is 0 Å². The van der Waals surface area contributed by atoms with Gasteiger partial charge in [0.05, 0.1) is 0 Å². The Kier molecular flexibility index (Phi) is 5.13. The van der Waals surface area contributed by atoms with E-state index < -0.39 is 0 Å². The summed E-state index contributed by atoms with van der Waals surface area (Å²) in [5.74, 6) is 2.81. The second-order valence-corrected chi connectivity index (χ2v) is 6.65. The van der Waals surface area contributed by atoms with Gasteiger partial charge in [-0.05, 0) is 37.0 Å². The van der Waals surface area contributed by atoms with Crippen molar-refractivity contribution in [1.82, 2.24) is 5.32 Å². The second kappa shape index (κ2) is 6.45. The Balaban J connectivity index is 0.00000133. The highest BCUT2D eigenvalue weighted by Crippen LogP contribution is 2.49. The Morgan fingerprint density at radius 2 is 1.84 bits per heavy atom. The van der Waals surface area contributed by atoms with Crippen LogP contribution in [0.15, 0.2) is 0 Å². The van der Waals surface area contributed by atoms with Gasteiger partial charge in [0.2, 0.25) is 5.91 Å². The minimum absolute atomic E-state index is 0. The van der Waals surface area contributed by atoms with Gasteiger partial charge in [0, 0.05) is 18.5 Å². The Morgan fingerprint density at radius 3 is 2.47 bits per heavy atom. The molecule has 3 saturated carbocycles. The summed E-state index contributed by atoms with van der Waals surface area (Å²) < 4.78 is 0. The molecule has 0 radical (unpaired) electrons. The van der Waals surface area contributed by atoms with Crippen molar-refractivity contribution >= 4 is 18.3 Å². The van der Waals surface area contributed by atoms with Crippen LogP contribution in [0.1, 0.15) is 51.4 Å². The summed E-state index contributed by atoms with van der Waals surface area (Å²) >= 11 is 0. The Bertz CT molecular complexity index is 313. The average Bonchev–Trinajstić information content (AvgIpc) is 3.29. The number of nitrogens with two attached hydrogens (primary N) is 1. The molecule has 4 heteroatoms. The first kappa shape index (κ1) is 15.1. The van der Waals surface area contributed by atoms with Crippen LogP contribution < -0.4 is 11.1 Å². The largest absolute Gasteiger partial charge is 0.354 e. The van der Waals surface area contributed by atoms with Crippen molar-refractivity contribution < 1.29 is 4.79 Å². The predicted molar refractivity (Wildman–Crippen MR) is 79.1 cm³/mol. The van der Waals surface area contributed by atoms with E-state index in [1.807, 2.05) is 0 Å². The maximum Gasteiger partial charge on any atom is 0.223 e. The smallest absolute Gasteiger partial charge is 0.223 e. The maximum atomic E-state index is 12.0. The number of carbonyl (C=O) groups is 1. The number of rotatable bonds is 5. The molecule has 0 aromatic carbocycles. The fourth-order valence-electron chi connectivity index (χ4n) is 3.64.